The monoisotopic (exact) mass is 291 g/mol. The summed E-state index contributed by atoms with van der Waals surface area (Å²) in [5.41, 5.74) is 8.01. The van der Waals surface area contributed by atoms with Gasteiger partial charge in [-0.3, -0.25) is 4.79 Å². The average Bonchev–Trinajstić information content (AvgIpc) is 2.84. The molecule has 0 heterocycles. The Morgan fingerprint density at radius 1 is 1.24 bits per heavy atom. The summed E-state index contributed by atoms with van der Waals surface area (Å²) >= 11 is 0. The molecule has 3 amide bonds. The minimum Gasteiger partial charge on any atom is -0.480 e. The van der Waals surface area contributed by atoms with Crippen LogP contribution in [0.4, 0.5) is 10.5 Å². The number of primary amides is 1. The Hall–Kier alpha value is -2.57. The first kappa shape index (κ1) is 14.8. The van der Waals surface area contributed by atoms with E-state index in [1.807, 2.05) is 12.1 Å². The molecule has 0 bridgehead atoms. The summed E-state index contributed by atoms with van der Waals surface area (Å²) < 4.78 is 0. The predicted molar refractivity (Wildman–Crippen MR) is 75.9 cm³/mol. The molecule has 1 aliphatic carbocycles. The Kier molecular flexibility index (Phi) is 4.42. The van der Waals surface area contributed by atoms with Gasteiger partial charge in [-0.2, -0.15) is 0 Å². The zero-order chi connectivity index (χ0) is 15.4. The number of nitrogens with one attached hydrogen (secondary N) is 2. The highest BCUT2D eigenvalue weighted by molar-refractivity contribution is 5.93. The molecule has 1 aliphatic rings. The third-order valence-corrected chi connectivity index (χ3v) is 3.37. The molecule has 0 aliphatic heterocycles. The fourth-order valence-corrected chi connectivity index (χ4v) is 2.38. The minimum absolute atomic E-state index is 0.451. The molecule has 0 saturated heterocycles. The number of rotatable bonds is 5. The number of fused-ring (bicyclic) bond motifs is 1. The van der Waals surface area contributed by atoms with E-state index in [0.29, 0.717) is 5.69 Å². The maximum Gasteiger partial charge on any atom is 0.326 e. The first-order chi connectivity index (χ1) is 9.95. The van der Waals surface area contributed by atoms with Gasteiger partial charge in [0.25, 0.3) is 0 Å². The fraction of sp³-hybridized carbons (Fsp3) is 0.357. The van der Waals surface area contributed by atoms with Crippen LogP contribution in [-0.4, -0.2) is 29.1 Å². The van der Waals surface area contributed by atoms with Gasteiger partial charge in [-0.1, -0.05) is 6.07 Å². The topological polar surface area (TPSA) is 122 Å². The number of urea groups is 1. The van der Waals surface area contributed by atoms with Gasteiger partial charge in [-0.05, 0) is 42.5 Å². The van der Waals surface area contributed by atoms with E-state index in [1.165, 1.54) is 11.1 Å². The number of carboxylic acid groups (broad SMARTS) is 1. The lowest BCUT2D eigenvalue weighted by atomic mass is 10.1. The molecule has 1 aromatic rings. The number of benzene rings is 1. The van der Waals surface area contributed by atoms with Gasteiger partial charge in [0.1, 0.15) is 6.04 Å². The summed E-state index contributed by atoms with van der Waals surface area (Å²) in [5.74, 6) is -2.10. The van der Waals surface area contributed by atoms with Gasteiger partial charge >= 0.3 is 12.0 Å². The van der Waals surface area contributed by atoms with E-state index >= 15 is 0 Å². The Morgan fingerprint density at radius 2 is 1.95 bits per heavy atom. The highest BCUT2D eigenvalue weighted by Gasteiger charge is 2.22. The van der Waals surface area contributed by atoms with Crippen LogP contribution in [0.25, 0.3) is 0 Å². The molecule has 2 rings (SSSR count). The van der Waals surface area contributed by atoms with Crippen molar-refractivity contribution >= 4 is 23.6 Å². The van der Waals surface area contributed by atoms with Crippen molar-refractivity contribution in [3.8, 4) is 0 Å². The van der Waals surface area contributed by atoms with Crippen LogP contribution in [0.15, 0.2) is 18.2 Å². The Bertz CT molecular complexity index is 586. The fourth-order valence-electron chi connectivity index (χ4n) is 2.38. The standard InChI is InChI=1S/C14H17N3O4/c15-12(18)7-11(13(19)20)17-14(21)16-10-5-4-8-2-1-3-9(8)6-10/h4-6,11H,1-3,7H2,(H2,15,18)(H,19,20)(H2,16,17,21)/t11-/m0/s1. The van der Waals surface area contributed by atoms with E-state index in [1.54, 1.807) is 6.07 Å². The molecule has 1 atom stereocenters. The molecule has 21 heavy (non-hydrogen) atoms. The third kappa shape index (κ3) is 3.95. The van der Waals surface area contributed by atoms with Crippen LogP contribution in [0, 0.1) is 0 Å². The Labute approximate surface area is 121 Å². The molecule has 112 valence electrons. The molecule has 0 saturated carbocycles. The Morgan fingerprint density at radius 3 is 2.62 bits per heavy atom. The Balaban J connectivity index is 1.97. The van der Waals surface area contributed by atoms with Crippen LogP contribution in [0.5, 0.6) is 0 Å². The molecule has 0 fully saturated rings. The van der Waals surface area contributed by atoms with Crippen LogP contribution < -0.4 is 16.4 Å². The number of hydrogen-bond donors (Lipinski definition) is 4. The molecule has 7 heteroatoms. The van der Waals surface area contributed by atoms with Crippen LogP contribution in [0.1, 0.15) is 24.0 Å². The molecular formula is C14H17N3O4. The summed E-state index contributed by atoms with van der Waals surface area (Å²) in [6.45, 7) is 0. The SMILES string of the molecule is NC(=O)C[C@H](NC(=O)Nc1ccc2c(c1)CCC2)C(=O)O. The lowest BCUT2D eigenvalue weighted by Gasteiger charge is -2.14. The van der Waals surface area contributed by atoms with Crippen molar-refractivity contribution in [1.82, 2.24) is 5.32 Å². The zero-order valence-electron chi connectivity index (χ0n) is 11.4. The van der Waals surface area contributed by atoms with Crippen LogP contribution in [0.3, 0.4) is 0 Å². The quantitative estimate of drug-likeness (QED) is 0.635. The van der Waals surface area contributed by atoms with Gasteiger partial charge in [0.2, 0.25) is 5.91 Å². The van der Waals surface area contributed by atoms with E-state index < -0.39 is 30.4 Å². The summed E-state index contributed by atoms with van der Waals surface area (Å²) in [6.07, 6.45) is 2.67. The molecule has 1 aromatic carbocycles. The number of aryl methyl sites for hydroxylation is 2. The number of aliphatic carboxylic acids is 1. The van der Waals surface area contributed by atoms with E-state index in [-0.39, 0.29) is 0 Å². The highest BCUT2D eigenvalue weighted by Crippen LogP contribution is 2.24. The second kappa shape index (κ2) is 6.25. The molecular weight excluding hydrogens is 274 g/mol. The largest absolute Gasteiger partial charge is 0.480 e. The first-order valence-corrected chi connectivity index (χ1v) is 6.66. The number of carbonyl (C=O) groups excluding carboxylic acids is 2. The van der Waals surface area contributed by atoms with Crippen LogP contribution in [0.2, 0.25) is 0 Å². The number of hydrogen-bond acceptors (Lipinski definition) is 3. The molecule has 0 aromatic heterocycles. The zero-order valence-corrected chi connectivity index (χ0v) is 11.4. The summed E-state index contributed by atoms with van der Waals surface area (Å²) in [6, 6.07) is 3.59. The van der Waals surface area contributed by atoms with Crippen molar-refractivity contribution in [3.05, 3.63) is 29.3 Å². The van der Waals surface area contributed by atoms with Crippen molar-refractivity contribution in [2.45, 2.75) is 31.7 Å². The van der Waals surface area contributed by atoms with Gasteiger partial charge in [0.15, 0.2) is 0 Å². The van der Waals surface area contributed by atoms with Gasteiger partial charge in [-0.25, -0.2) is 9.59 Å². The number of carbonyl (C=O) groups is 3. The smallest absolute Gasteiger partial charge is 0.326 e. The number of anilines is 1. The third-order valence-electron chi connectivity index (χ3n) is 3.37. The normalized spacial score (nSPS) is 14.1. The van der Waals surface area contributed by atoms with Gasteiger partial charge < -0.3 is 21.5 Å². The molecule has 0 spiro atoms. The van der Waals surface area contributed by atoms with Gasteiger partial charge in [-0.15, -0.1) is 0 Å². The maximum atomic E-state index is 11.8. The van der Waals surface area contributed by atoms with Gasteiger partial charge in [0.05, 0.1) is 6.42 Å². The summed E-state index contributed by atoms with van der Waals surface area (Å²) in [4.78, 5) is 33.5. The molecule has 0 radical (unpaired) electrons. The van der Waals surface area contributed by atoms with Crippen molar-refractivity contribution < 1.29 is 19.5 Å². The lowest BCUT2D eigenvalue weighted by molar-refractivity contribution is -0.140. The van der Waals surface area contributed by atoms with E-state index in [4.69, 9.17) is 10.8 Å². The van der Waals surface area contributed by atoms with Crippen LogP contribution >= 0.6 is 0 Å². The van der Waals surface area contributed by atoms with E-state index in [9.17, 15) is 14.4 Å². The van der Waals surface area contributed by atoms with Crippen LogP contribution in [-0.2, 0) is 22.4 Å². The number of nitrogens with two attached hydrogens (primary N) is 1. The van der Waals surface area contributed by atoms with Gasteiger partial charge in [0, 0.05) is 5.69 Å². The molecule has 5 N–H and O–H groups in total. The summed E-state index contributed by atoms with van der Waals surface area (Å²) in [5, 5.41) is 13.7. The summed E-state index contributed by atoms with van der Waals surface area (Å²) in [7, 11) is 0. The van der Waals surface area contributed by atoms with Crippen molar-refractivity contribution in [3.63, 3.8) is 0 Å². The predicted octanol–water partition coefficient (Wildman–Crippen LogP) is 0.625. The highest BCUT2D eigenvalue weighted by atomic mass is 16.4. The first-order valence-electron chi connectivity index (χ1n) is 6.66. The maximum absolute atomic E-state index is 11.8. The lowest BCUT2D eigenvalue weighted by Crippen LogP contribution is -2.45. The van der Waals surface area contributed by atoms with E-state index in [2.05, 4.69) is 10.6 Å². The minimum atomic E-state index is -1.34. The average molecular weight is 291 g/mol. The van der Waals surface area contributed by atoms with Crippen molar-refractivity contribution in [2.24, 2.45) is 5.73 Å². The molecule has 7 nitrogen and oxygen atoms in total. The number of amides is 3. The van der Waals surface area contributed by atoms with Crippen molar-refractivity contribution in [1.29, 1.82) is 0 Å². The second-order valence-corrected chi connectivity index (χ2v) is 5.00. The van der Waals surface area contributed by atoms with E-state index in [0.717, 1.165) is 19.3 Å². The second-order valence-electron chi connectivity index (χ2n) is 5.00. The van der Waals surface area contributed by atoms with Crippen molar-refractivity contribution in [2.75, 3.05) is 5.32 Å². The molecule has 0 unspecified atom stereocenters. The number of carboxylic acids is 1.